The molecule has 3 rings (SSSR count). The highest BCUT2D eigenvalue weighted by Crippen LogP contribution is 2.17. The average molecular weight is 381 g/mol. The van der Waals surface area contributed by atoms with Gasteiger partial charge in [-0.25, -0.2) is 0 Å². The van der Waals surface area contributed by atoms with Crippen LogP contribution < -0.4 is 10.1 Å². The molecule has 1 N–H and O–H groups in total. The number of rotatable bonds is 6. The first-order chi connectivity index (χ1) is 13.5. The van der Waals surface area contributed by atoms with Crippen LogP contribution in [0.2, 0.25) is 0 Å². The van der Waals surface area contributed by atoms with Crippen molar-refractivity contribution in [2.75, 3.05) is 32.1 Å². The Bertz CT molecular complexity index is 862. The number of methoxy groups -OCH3 is 1. The summed E-state index contributed by atoms with van der Waals surface area (Å²) in [4.78, 5) is 39.6. The zero-order valence-electron chi connectivity index (χ0n) is 16.0. The van der Waals surface area contributed by atoms with Crippen LogP contribution in [0.1, 0.15) is 22.8 Å². The number of ether oxygens (including phenoxy) is 1. The van der Waals surface area contributed by atoms with E-state index in [0.29, 0.717) is 37.4 Å². The molecule has 0 aromatic heterocycles. The number of amides is 3. The molecule has 0 aliphatic carbocycles. The summed E-state index contributed by atoms with van der Waals surface area (Å²) in [7, 11) is 1.59. The molecular formula is C21H23N3O4. The molecule has 2 aromatic rings. The number of carbonyl (C=O) groups excluding carboxylic acids is 3. The number of carbonyl (C=O) groups is 3. The van der Waals surface area contributed by atoms with Crippen molar-refractivity contribution in [2.24, 2.45) is 0 Å². The summed E-state index contributed by atoms with van der Waals surface area (Å²) in [5.41, 5.74) is 2.05. The molecule has 1 saturated heterocycles. The highest BCUT2D eigenvalue weighted by molar-refractivity contribution is 6.35. The fourth-order valence-corrected chi connectivity index (χ4v) is 3.03. The van der Waals surface area contributed by atoms with E-state index in [1.807, 2.05) is 6.92 Å². The van der Waals surface area contributed by atoms with Crippen LogP contribution in [0, 0.1) is 0 Å². The van der Waals surface area contributed by atoms with Crippen molar-refractivity contribution in [3.05, 3.63) is 59.7 Å². The van der Waals surface area contributed by atoms with Gasteiger partial charge in [-0.05, 0) is 48.9 Å². The Morgan fingerprint density at radius 2 is 1.57 bits per heavy atom. The van der Waals surface area contributed by atoms with Gasteiger partial charge in [-0.3, -0.25) is 14.4 Å². The number of hydrogen-bond donors (Lipinski definition) is 1. The van der Waals surface area contributed by atoms with E-state index in [2.05, 4.69) is 5.32 Å². The molecule has 0 bridgehead atoms. The second-order valence-electron chi connectivity index (χ2n) is 6.49. The van der Waals surface area contributed by atoms with Crippen LogP contribution in [0.5, 0.6) is 5.75 Å². The van der Waals surface area contributed by atoms with Gasteiger partial charge in [-0.1, -0.05) is 12.1 Å². The summed E-state index contributed by atoms with van der Waals surface area (Å²) in [6, 6.07) is 14.1. The normalized spacial score (nSPS) is 14.2. The lowest BCUT2D eigenvalue weighted by molar-refractivity contribution is -0.156. The van der Waals surface area contributed by atoms with E-state index in [1.165, 1.54) is 0 Å². The van der Waals surface area contributed by atoms with Crippen molar-refractivity contribution in [1.82, 2.24) is 9.80 Å². The number of nitrogens with zero attached hydrogens (tertiary/aromatic N) is 2. The van der Waals surface area contributed by atoms with Gasteiger partial charge in [0, 0.05) is 37.4 Å². The van der Waals surface area contributed by atoms with E-state index in [4.69, 9.17) is 4.74 Å². The third-order valence-electron chi connectivity index (χ3n) is 4.72. The highest BCUT2D eigenvalue weighted by Gasteiger charge is 2.31. The maximum Gasteiger partial charge on any atom is 0.312 e. The largest absolute Gasteiger partial charge is 0.497 e. The van der Waals surface area contributed by atoms with Crippen LogP contribution >= 0.6 is 0 Å². The van der Waals surface area contributed by atoms with Gasteiger partial charge in [0.2, 0.25) is 0 Å². The van der Waals surface area contributed by atoms with Crippen molar-refractivity contribution in [3.8, 4) is 5.75 Å². The Labute approximate surface area is 163 Å². The highest BCUT2D eigenvalue weighted by atomic mass is 16.5. The van der Waals surface area contributed by atoms with E-state index < -0.39 is 11.8 Å². The predicted molar refractivity (Wildman–Crippen MR) is 105 cm³/mol. The maximum atomic E-state index is 12.4. The molecule has 0 spiro atoms. The number of nitrogens with one attached hydrogen (secondary N) is 1. The molecule has 3 amide bonds. The lowest BCUT2D eigenvalue weighted by Gasteiger charge is -2.33. The first-order valence-electron chi connectivity index (χ1n) is 9.14. The van der Waals surface area contributed by atoms with E-state index in [0.717, 1.165) is 11.3 Å². The molecule has 1 aliphatic rings. The molecule has 146 valence electrons. The van der Waals surface area contributed by atoms with Crippen molar-refractivity contribution >= 4 is 23.4 Å². The minimum atomic E-state index is -0.477. The molecule has 0 saturated carbocycles. The Balaban J connectivity index is 1.60. The number of likely N-dealkylation sites (N-methyl/N-ethyl adjacent to an activating group) is 1. The van der Waals surface area contributed by atoms with Gasteiger partial charge in [0.25, 0.3) is 5.91 Å². The van der Waals surface area contributed by atoms with Gasteiger partial charge in [0.15, 0.2) is 0 Å². The molecule has 1 aliphatic heterocycles. The van der Waals surface area contributed by atoms with Crippen LogP contribution in [-0.4, -0.2) is 54.3 Å². The average Bonchev–Trinajstić information content (AvgIpc) is 2.72. The van der Waals surface area contributed by atoms with Gasteiger partial charge < -0.3 is 19.9 Å². The lowest BCUT2D eigenvalue weighted by atomic mass is 10.1. The SMILES string of the molecule is CCN1CCN(Cc2ccc(C(=O)Nc3ccc(OC)cc3)cc2)C(=O)C1=O. The maximum absolute atomic E-state index is 12.4. The zero-order chi connectivity index (χ0) is 20.1. The molecule has 0 atom stereocenters. The number of anilines is 1. The standard InChI is InChI=1S/C21H23N3O4/c1-3-23-12-13-24(21(27)20(23)26)14-15-4-6-16(7-5-15)19(25)22-17-8-10-18(28-2)11-9-17/h4-11H,3,12-14H2,1-2H3,(H,22,25). The predicted octanol–water partition coefficient (Wildman–Crippen LogP) is 2.14. The Kier molecular flexibility index (Phi) is 5.93. The molecule has 28 heavy (non-hydrogen) atoms. The molecule has 0 radical (unpaired) electrons. The second kappa shape index (κ2) is 8.56. The third kappa shape index (κ3) is 4.31. The molecule has 0 unspecified atom stereocenters. The minimum Gasteiger partial charge on any atom is -0.497 e. The van der Waals surface area contributed by atoms with E-state index in [-0.39, 0.29) is 5.91 Å². The van der Waals surface area contributed by atoms with Crippen LogP contribution in [0.4, 0.5) is 5.69 Å². The first-order valence-corrected chi connectivity index (χ1v) is 9.14. The molecular weight excluding hydrogens is 358 g/mol. The molecule has 7 heteroatoms. The summed E-state index contributed by atoms with van der Waals surface area (Å²) in [5.74, 6) is -0.437. The van der Waals surface area contributed by atoms with Crippen LogP contribution in [-0.2, 0) is 16.1 Å². The summed E-state index contributed by atoms with van der Waals surface area (Å²) >= 11 is 0. The van der Waals surface area contributed by atoms with Gasteiger partial charge in [0.05, 0.1) is 7.11 Å². The second-order valence-corrected chi connectivity index (χ2v) is 6.49. The fraction of sp³-hybridized carbons (Fsp3) is 0.286. The van der Waals surface area contributed by atoms with Gasteiger partial charge >= 0.3 is 11.8 Å². The smallest absolute Gasteiger partial charge is 0.312 e. The summed E-state index contributed by atoms with van der Waals surface area (Å²) in [5, 5.41) is 2.83. The van der Waals surface area contributed by atoms with E-state index in [1.54, 1.807) is 65.4 Å². The molecule has 7 nitrogen and oxygen atoms in total. The topological polar surface area (TPSA) is 79.0 Å². The van der Waals surface area contributed by atoms with Crippen molar-refractivity contribution in [3.63, 3.8) is 0 Å². The summed E-state index contributed by atoms with van der Waals surface area (Å²) in [6.07, 6.45) is 0. The Morgan fingerprint density at radius 3 is 2.18 bits per heavy atom. The zero-order valence-corrected chi connectivity index (χ0v) is 16.0. The van der Waals surface area contributed by atoms with Crippen molar-refractivity contribution < 1.29 is 19.1 Å². The molecule has 1 heterocycles. The number of piperazine rings is 1. The van der Waals surface area contributed by atoms with E-state index >= 15 is 0 Å². The van der Waals surface area contributed by atoms with E-state index in [9.17, 15) is 14.4 Å². The fourth-order valence-electron chi connectivity index (χ4n) is 3.03. The monoisotopic (exact) mass is 381 g/mol. The minimum absolute atomic E-state index is 0.223. The number of benzene rings is 2. The number of hydrogen-bond acceptors (Lipinski definition) is 4. The molecule has 2 aromatic carbocycles. The third-order valence-corrected chi connectivity index (χ3v) is 4.72. The lowest BCUT2D eigenvalue weighted by Crippen LogP contribution is -2.53. The van der Waals surface area contributed by atoms with Gasteiger partial charge in [-0.15, -0.1) is 0 Å². The Hall–Kier alpha value is -3.35. The van der Waals surface area contributed by atoms with Gasteiger partial charge in [0.1, 0.15) is 5.75 Å². The van der Waals surface area contributed by atoms with Crippen LogP contribution in [0.15, 0.2) is 48.5 Å². The van der Waals surface area contributed by atoms with Gasteiger partial charge in [-0.2, -0.15) is 0 Å². The summed E-state index contributed by atoms with van der Waals surface area (Å²) < 4.78 is 5.10. The molecule has 1 fully saturated rings. The quantitative estimate of drug-likeness (QED) is 0.778. The first kappa shape index (κ1) is 19.4. The van der Waals surface area contributed by atoms with Crippen LogP contribution in [0.3, 0.4) is 0 Å². The summed E-state index contributed by atoms with van der Waals surface area (Å²) in [6.45, 7) is 3.80. The van der Waals surface area contributed by atoms with Crippen molar-refractivity contribution in [2.45, 2.75) is 13.5 Å². The Morgan fingerprint density at radius 1 is 0.964 bits per heavy atom. The van der Waals surface area contributed by atoms with Crippen LogP contribution in [0.25, 0.3) is 0 Å². The van der Waals surface area contributed by atoms with Crippen molar-refractivity contribution in [1.29, 1.82) is 0 Å².